The van der Waals surface area contributed by atoms with Gasteiger partial charge in [0.15, 0.2) is 0 Å². The summed E-state index contributed by atoms with van der Waals surface area (Å²) in [6, 6.07) is 14.9. The number of amides is 2. The molecule has 0 heterocycles. The Labute approximate surface area is 153 Å². The first kappa shape index (κ1) is 17.6. The summed E-state index contributed by atoms with van der Waals surface area (Å²) in [4.78, 5) is 13.9. The van der Waals surface area contributed by atoms with Gasteiger partial charge in [-0.3, -0.25) is 0 Å². The Morgan fingerprint density at radius 2 is 1.84 bits per heavy atom. The second-order valence-electron chi connectivity index (χ2n) is 6.43. The van der Waals surface area contributed by atoms with Gasteiger partial charge in [-0.15, -0.1) is 0 Å². The fraction of sp³-hybridized carbons (Fsp3) is 0.350. The van der Waals surface area contributed by atoms with Crippen molar-refractivity contribution in [2.24, 2.45) is 0 Å². The zero-order valence-electron chi connectivity index (χ0n) is 14.4. The van der Waals surface area contributed by atoms with Gasteiger partial charge in [0, 0.05) is 24.3 Å². The van der Waals surface area contributed by atoms with Gasteiger partial charge in [-0.25, -0.2) is 4.79 Å². The Hall–Kier alpha value is -2.20. The summed E-state index contributed by atoms with van der Waals surface area (Å²) in [7, 11) is 1.75. The maximum Gasteiger partial charge on any atom is 0.321 e. The van der Waals surface area contributed by atoms with Gasteiger partial charge in [0.25, 0.3) is 0 Å². The van der Waals surface area contributed by atoms with Crippen molar-refractivity contribution in [2.45, 2.75) is 38.3 Å². The number of rotatable bonds is 5. The monoisotopic (exact) mass is 358 g/mol. The van der Waals surface area contributed by atoms with Gasteiger partial charge in [0.1, 0.15) is 5.75 Å². The Balaban J connectivity index is 1.54. The van der Waals surface area contributed by atoms with Crippen LogP contribution in [0.4, 0.5) is 10.5 Å². The quantitative estimate of drug-likeness (QED) is 0.785. The fourth-order valence-electron chi connectivity index (χ4n) is 2.99. The molecule has 0 radical (unpaired) electrons. The minimum atomic E-state index is -0.176. The highest BCUT2D eigenvalue weighted by molar-refractivity contribution is 6.31. The van der Waals surface area contributed by atoms with E-state index in [2.05, 4.69) is 5.32 Å². The normalized spacial score (nSPS) is 14.3. The van der Waals surface area contributed by atoms with E-state index < -0.39 is 0 Å². The molecule has 0 aliphatic heterocycles. The van der Waals surface area contributed by atoms with Gasteiger partial charge >= 0.3 is 6.03 Å². The van der Waals surface area contributed by atoms with E-state index in [1.165, 1.54) is 12.8 Å². The van der Waals surface area contributed by atoms with E-state index in [4.69, 9.17) is 16.3 Å². The number of halogens is 1. The molecule has 0 atom stereocenters. The molecule has 3 rings (SSSR count). The lowest BCUT2D eigenvalue weighted by molar-refractivity contribution is 0.210. The van der Waals surface area contributed by atoms with Gasteiger partial charge in [0.05, 0.1) is 6.10 Å². The standard InChI is InChI=1S/C20H23ClN2O2/c1-23(14-15-6-2-5-9-19(15)21)20(24)22-16-10-12-18(13-11-16)25-17-7-3-4-8-17/h2,5-6,9-13,17H,3-4,7-8,14H2,1H3,(H,22,24). The van der Waals surface area contributed by atoms with Crippen LogP contribution in [0.25, 0.3) is 0 Å². The average Bonchev–Trinajstić information content (AvgIpc) is 3.11. The lowest BCUT2D eigenvalue weighted by atomic mass is 10.2. The van der Waals surface area contributed by atoms with Crippen LogP contribution in [0.1, 0.15) is 31.2 Å². The molecule has 2 aromatic carbocycles. The topological polar surface area (TPSA) is 41.6 Å². The minimum absolute atomic E-state index is 0.176. The van der Waals surface area contributed by atoms with Crippen molar-refractivity contribution in [3.63, 3.8) is 0 Å². The number of hydrogen-bond acceptors (Lipinski definition) is 2. The summed E-state index contributed by atoms with van der Waals surface area (Å²) < 4.78 is 5.94. The first-order valence-corrected chi connectivity index (χ1v) is 9.02. The molecule has 0 spiro atoms. The second-order valence-corrected chi connectivity index (χ2v) is 6.83. The van der Waals surface area contributed by atoms with E-state index in [-0.39, 0.29) is 6.03 Å². The molecule has 2 aromatic rings. The highest BCUT2D eigenvalue weighted by Crippen LogP contribution is 2.25. The first-order valence-electron chi connectivity index (χ1n) is 8.64. The smallest absolute Gasteiger partial charge is 0.321 e. The molecule has 1 aliphatic carbocycles. The molecule has 4 nitrogen and oxygen atoms in total. The third kappa shape index (κ3) is 4.89. The number of urea groups is 1. The van der Waals surface area contributed by atoms with E-state index in [1.807, 2.05) is 48.5 Å². The van der Waals surface area contributed by atoms with E-state index in [0.717, 1.165) is 29.8 Å². The van der Waals surface area contributed by atoms with Gasteiger partial charge in [0.2, 0.25) is 0 Å². The summed E-state index contributed by atoms with van der Waals surface area (Å²) in [5.41, 5.74) is 1.66. The molecule has 132 valence electrons. The Kier molecular flexibility index (Phi) is 5.82. The first-order chi connectivity index (χ1) is 12.1. The summed E-state index contributed by atoms with van der Waals surface area (Å²) >= 11 is 6.15. The zero-order chi connectivity index (χ0) is 17.6. The zero-order valence-corrected chi connectivity index (χ0v) is 15.1. The Bertz CT molecular complexity index is 712. The number of nitrogens with zero attached hydrogens (tertiary/aromatic N) is 1. The van der Waals surface area contributed by atoms with Crippen LogP contribution in [0.5, 0.6) is 5.75 Å². The molecule has 0 bridgehead atoms. The largest absolute Gasteiger partial charge is 0.490 e. The number of nitrogens with one attached hydrogen (secondary N) is 1. The van der Waals surface area contributed by atoms with Crippen molar-refractivity contribution >= 4 is 23.3 Å². The van der Waals surface area contributed by atoms with Crippen LogP contribution in [-0.4, -0.2) is 24.1 Å². The molecule has 1 fully saturated rings. The van der Waals surface area contributed by atoms with Crippen molar-refractivity contribution < 1.29 is 9.53 Å². The summed E-state index contributed by atoms with van der Waals surface area (Å²) in [5.74, 6) is 0.856. The Morgan fingerprint density at radius 3 is 2.52 bits per heavy atom. The maximum atomic E-state index is 12.3. The van der Waals surface area contributed by atoms with Gasteiger partial charge < -0.3 is 15.0 Å². The summed E-state index contributed by atoms with van der Waals surface area (Å²) in [5, 5.41) is 3.55. The maximum absolute atomic E-state index is 12.3. The number of anilines is 1. The van der Waals surface area contributed by atoms with E-state index >= 15 is 0 Å². The van der Waals surface area contributed by atoms with Gasteiger partial charge in [-0.05, 0) is 61.6 Å². The van der Waals surface area contributed by atoms with Crippen LogP contribution >= 0.6 is 11.6 Å². The van der Waals surface area contributed by atoms with Gasteiger partial charge in [-0.2, -0.15) is 0 Å². The highest BCUT2D eigenvalue weighted by atomic mass is 35.5. The van der Waals surface area contributed by atoms with Crippen LogP contribution < -0.4 is 10.1 Å². The molecule has 1 N–H and O–H groups in total. The van der Waals surface area contributed by atoms with Crippen molar-refractivity contribution in [1.82, 2.24) is 4.90 Å². The fourth-order valence-corrected chi connectivity index (χ4v) is 3.18. The number of hydrogen-bond donors (Lipinski definition) is 1. The number of carbonyl (C=O) groups is 1. The average molecular weight is 359 g/mol. The number of ether oxygens (including phenoxy) is 1. The molecule has 1 aliphatic rings. The van der Waals surface area contributed by atoms with Crippen LogP contribution in [0.2, 0.25) is 5.02 Å². The molecule has 25 heavy (non-hydrogen) atoms. The predicted octanol–water partition coefficient (Wildman–Crippen LogP) is 5.33. The molecule has 2 amide bonds. The molecular formula is C20H23ClN2O2. The van der Waals surface area contributed by atoms with Crippen LogP contribution in [0.15, 0.2) is 48.5 Å². The van der Waals surface area contributed by atoms with Crippen molar-refractivity contribution in [3.8, 4) is 5.75 Å². The van der Waals surface area contributed by atoms with Crippen molar-refractivity contribution in [2.75, 3.05) is 12.4 Å². The minimum Gasteiger partial charge on any atom is -0.490 e. The van der Waals surface area contributed by atoms with Crippen molar-refractivity contribution in [1.29, 1.82) is 0 Å². The summed E-state index contributed by atoms with van der Waals surface area (Å²) in [6.45, 7) is 0.453. The molecular weight excluding hydrogens is 336 g/mol. The third-order valence-corrected chi connectivity index (χ3v) is 4.79. The van der Waals surface area contributed by atoms with E-state index in [1.54, 1.807) is 11.9 Å². The molecule has 1 saturated carbocycles. The third-order valence-electron chi connectivity index (χ3n) is 4.42. The summed E-state index contributed by atoms with van der Waals surface area (Å²) in [6.07, 6.45) is 5.09. The second kappa shape index (κ2) is 8.26. The van der Waals surface area contributed by atoms with E-state index in [9.17, 15) is 4.79 Å². The molecule has 0 saturated heterocycles. The van der Waals surface area contributed by atoms with Crippen LogP contribution in [0.3, 0.4) is 0 Å². The number of carbonyl (C=O) groups excluding carboxylic acids is 1. The van der Waals surface area contributed by atoms with Gasteiger partial charge in [-0.1, -0.05) is 29.8 Å². The van der Waals surface area contributed by atoms with Crippen LogP contribution in [0, 0.1) is 0 Å². The molecule has 0 unspecified atom stereocenters. The SMILES string of the molecule is CN(Cc1ccccc1Cl)C(=O)Nc1ccc(OC2CCCC2)cc1. The van der Waals surface area contributed by atoms with Crippen LogP contribution in [-0.2, 0) is 6.54 Å². The highest BCUT2D eigenvalue weighted by Gasteiger charge is 2.16. The van der Waals surface area contributed by atoms with E-state index in [0.29, 0.717) is 17.7 Å². The number of benzene rings is 2. The van der Waals surface area contributed by atoms with Crippen molar-refractivity contribution in [3.05, 3.63) is 59.1 Å². The molecule has 5 heteroatoms. The Morgan fingerprint density at radius 1 is 1.16 bits per heavy atom. The lowest BCUT2D eigenvalue weighted by Gasteiger charge is -2.19. The predicted molar refractivity (Wildman–Crippen MR) is 101 cm³/mol. The molecule has 0 aromatic heterocycles. The lowest BCUT2D eigenvalue weighted by Crippen LogP contribution is -2.30.